The number of carbonyl (C=O) groups excluding carboxylic acids is 5. The molecule has 0 heterocycles. The number of hydrogen-bond acceptors (Lipinski definition) is 7. The van der Waals surface area contributed by atoms with Gasteiger partial charge in [-0.3, -0.25) is 14.4 Å². The number of benzene rings is 1. The van der Waals surface area contributed by atoms with E-state index in [4.69, 9.17) is 9.47 Å². The summed E-state index contributed by atoms with van der Waals surface area (Å²) in [5, 5.41) is 11.8. The molecule has 39 heavy (non-hydrogen) atoms. The maximum Gasteiger partial charge on any atom is 1.00 e. The number of carbonyl (C=O) groups is 5. The Morgan fingerprint density at radius 2 is 1.59 bits per heavy atom. The van der Waals surface area contributed by atoms with E-state index in [1.54, 1.807) is 38.2 Å². The van der Waals surface area contributed by atoms with E-state index < -0.39 is 6.09 Å². The maximum atomic E-state index is 11.9. The average Bonchev–Trinajstić information content (AvgIpc) is 2.89. The minimum absolute atomic E-state index is 0. The SMILES string of the molecule is CNC(=O)CCNC(=O)Cc1ccc(C[N-]C(=O)COCCCOC(=O)NCCCCC(C)C(C)=O)cc1.[Rb+]. The predicted octanol–water partition coefficient (Wildman–Crippen LogP) is -0.586. The molecule has 3 N–H and O–H groups in total. The van der Waals surface area contributed by atoms with E-state index >= 15 is 0 Å². The second kappa shape index (κ2) is 23.1. The monoisotopic (exact) mass is 618 g/mol. The Labute approximate surface area is 280 Å². The first-order valence-corrected chi connectivity index (χ1v) is 13.0. The molecule has 0 aliphatic carbocycles. The summed E-state index contributed by atoms with van der Waals surface area (Å²) in [6, 6.07) is 7.21. The van der Waals surface area contributed by atoms with Gasteiger partial charge in [-0.25, -0.2) is 4.79 Å². The van der Waals surface area contributed by atoms with Crippen LogP contribution in [-0.4, -0.2) is 69.6 Å². The van der Waals surface area contributed by atoms with Crippen molar-refractivity contribution in [1.82, 2.24) is 16.0 Å². The summed E-state index contributed by atoms with van der Waals surface area (Å²) in [6.07, 6.45) is 2.84. The van der Waals surface area contributed by atoms with Gasteiger partial charge < -0.3 is 35.5 Å². The Morgan fingerprint density at radius 1 is 0.897 bits per heavy atom. The molecular weight excluding hydrogens is 578 g/mol. The number of rotatable bonds is 19. The van der Waals surface area contributed by atoms with Crippen molar-refractivity contribution in [3.8, 4) is 0 Å². The number of hydrogen-bond donors (Lipinski definition) is 3. The third-order valence-corrected chi connectivity index (χ3v) is 5.70. The second-order valence-electron chi connectivity index (χ2n) is 8.95. The Kier molecular flexibility index (Phi) is 22.1. The molecule has 0 aliphatic rings. The van der Waals surface area contributed by atoms with E-state index in [9.17, 15) is 24.0 Å². The van der Waals surface area contributed by atoms with E-state index in [2.05, 4.69) is 21.3 Å². The van der Waals surface area contributed by atoms with Crippen LogP contribution in [0.15, 0.2) is 24.3 Å². The van der Waals surface area contributed by atoms with Crippen LogP contribution in [0.5, 0.6) is 0 Å². The van der Waals surface area contributed by atoms with E-state index in [1.807, 2.05) is 6.92 Å². The molecule has 0 fully saturated rings. The fourth-order valence-electron chi connectivity index (χ4n) is 3.18. The van der Waals surface area contributed by atoms with Crippen molar-refractivity contribution >= 4 is 29.6 Å². The molecule has 0 bridgehead atoms. The molecule has 0 saturated carbocycles. The van der Waals surface area contributed by atoms with Crippen LogP contribution in [-0.2, 0) is 41.6 Å². The standard InChI is InChI=1S/C27H42N4O7.Rb/c1-20(21(2)32)7-4-5-13-30-27(36)38-16-6-15-37-19-26(35)31-18-23-10-8-22(9-11-23)17-25(34)29-14-12-24(33)28-3;/h8-11,20H,4-7,12-19H2,1-3H3,(H4,28,29,30,31,33,34,35,36);/q;+1/p-1. The van der Waals surface area contributed by atoms with Gasteiger partial charge >= 0.3 is 64.3 Å². The number of amides is 4. The molecule has 0 aliphatic heterocycles. The van der Waals surface area contributed by atoms with Gasteiger partial charge in [0, 0.05) is 38.9 Å². The van der Waals surface area contributed by atoms with Gasteiger partial charge in [0.15, 0.2) is 0 Å². The van der Waals surface area contributed by atoms with E-state index in [1.165, 1.54) is 0 Å². The number of unbranched alkanes of at least 4 members (excludes halogenated alkanes) is 1. The Morgan fingerprint density at radius 3 is 2.26 bits per heavy atom. The zero-order valence-electron chi connectivity index (χ0n) is 23.7. The number of ether oxygens (including phenoxy) is 2. The first kappa shape index (κ1) is 37.3. The number of nitrogens with one attached hydrogen (secondary N) is 3. The van der Waals surface area contributed by atoms with Gasteiger partial charge in [-0.2, -0.15) is 0 Å². The summed E-state index contributed by atoms with van der Waals surface area (Å²) in [7, 11) is 1.55. The summed E-state index contributed by atoms with van der Waals surface area (Å²) in [4.78, 5) is 57.8. The fourth-order valence-corrected chi connectivity index (χ4v) is 3.18. The maximum absolute atomic E-state index is 11.9. The molecule has 12 heteroatoms. The minimum Gasteiger partial charge on any atom is -0.648 e. The van der Waals surface area contributed by atoms with Gasteiger partial charge in [0.2, 0.25) is 11.8 Å². The van der Waals surface area contributed by atoms with Crippen molar-refractivity contribution in [2.75, 3.05) is 40.0 Å². The Bertz CT molecular complexity index is 897. The minimum atomic E-state index is -0.497. The summed E-state index contributed by atoms with van der Waals surface area (Å²) in [5.74, 6) is -0.460. The molecule has 0 aromatic heterocycles. The smallest absolute Gasteiger partial charge is 0.648 e. The average molecular weight is 619 g/mol. The van der Waals surface area contributed by atoms with Crippen molar-refractivity contribution in [2.24, 2.45) is 5.92 Å². The molecular formula is C27H41N4O7Rb. The molecule has 11 nitrogen and oxygen atoms in total. The summed E-state index contributed by atoms with van der Waals surface area (Å²) in [6.45, 7) is 4.76. The number of ketones is 1. The van der Waals surface area contributed by atoms with Crippen molar-refractivity contribution in [3.63, 3.8) is 0 Å². The molecule has 1 atom stereocenters. The Balaban J connectivity index is 0.0000144. The molecule has 4 amide bonds. The predicted molar refractivity (Wildman–Crippen MR) is 142 cm³/mol. The molecule has 0 spiro atoms. The fraction of sp³-hybridized carbons (Fsp3) is 0.593. The van der Waals surface area contributed by atoms with Crippen LogP contribution < -0.4 is 74.1 Å². The van der Waals surface area contributed by atoms with Gasteiger partial charge in [-0.15, -0.1) is 6.54 Å². The third kappa shape index (κ3) is 20.0. The third-order valence-electron chi connectivity index (χ3n) is 5.70. The van der Waals surface area contributed by atoms with Gasteiger partial charge in [0.25, 0.3) is 0 Å². The van der Waals surface area contributed by atoms with E-state index in [0.717, 1.165) is 30.4 Å². The van der Waals surface area contributed by atoms with Gasteiger partial charge in [-0.05, 0) is 25.3 Å². The molecule has 0 radical (unpaired) electrons. The molecule has 0 saturated heterocycles. The van der Waals surface area contributed by atoms with E-state index in [0.29, 0.717) is 13.0 Å². The first-order valence-electron chi connectivity index (χ1n) is 13.0. The molecule has 1 rings (SSSR count). The second-order valence-corrected chi connectivity index (χ2v) is 8.95. The number of Topliss-reactive ketones (excluding diaryl/α,β-unsaturated/α-hetero) is 1. The molecule has 1 unspecified atom stereocenters. The molecule has 212 valence electrons. The van der Waals surface area contributed by atoms with Crippen LogP contribution in [0.4, 0.5) is 4.79 Å². The Hall–Kier alpha value is -1.66. The zero-order valence-corrected chi connectivity index (χ0v) is 28.6. The molecule has 1 aromatic rings. The molecule has 1 aromatic carbocycles. The van der Waals surface area contributed by atoms with E-state index in [-0.39, 0.29) is 133 Å². The van der Waals surface area contributed by atoms with Gasteiger partial charge in [-0.1, -0.05) is 43.2 Å². The van der Waals surface area contributed by atoms with Gasteiger partial charge in [0.05, 0.1) is 32.1 Å². The van der Waals surface area contributed by atoms with Crippen LogP contribution in [0.1, 0.15) is 57.1 Å². The normalized spacial score (nSPS) is 10.9. The number of alkyl carbamates (subject to hydrolysis) is 1. The topological polar surface area (TPSA) is 154 Å². The van der Waals surface area contributed by atoms with Crippen molar-refractivity contribution in [3.05, 3.63) is 40.7 Å². The van der Waals surface area contributed by atoms with Crippen LogP contribution in [0.3, 0.4) is 0 Å². The summed E-state index contributed by atoms with van der Waals surface area (Å²) < 4.78 is 10.3. The van der Waals surface area contributed by atoms with Crippen LogP contribution >= 0.6 is 0 Å². The first-order chi connectivity index (χ1) is 18.2. The summed E-state index contributed by atoms with van der Waals surface area (Å²) >= 11 is 0. The van der Waals surface area contributed by atoms with Crippen LogP contribution in [0.2, 0.25) is 0 Å². The summed E-state index contributed by atoms with van der Waals surface area (Å²) in [5.41, 5.74) is 1.64. The van der Waals surface area contributed by atoms with Crippen molar-refractivity contribution < 1.29 is 91.6 Å². The van der Waals surface area contributed by atoms with Gasteiger partial charge in [0.1, 0.15) is 5.78 Å². The number of nitrogens with zero attached hydrogens (tertiary/aromatic N) is 1. The van der Waals surface area contributed by atoms with Crippen molar-refractivity contribution in [1.29, 1.82) is 0 Å². The quantitative estimate of drug-likeness (QED) is 0.175. The zero-order chi connectivity index (χ0) is 28.2. The van der Waals surface area contributed by atoms with Crippen LogP contribution in [0, 0.1) is 5.92 Å². The largest absolute Gasteiger partial charge is 1.00 e. The van der Waals surface area contributed by atoms with Crippen LogP contribution in [0.25, 0.3) is 5.32 Å². The van der Waals surface area contributed by atoms with Crippen molar-refractivity contribution in [2.45, 2.75) is 58.9 Å².